The molecule has 150 valence electrons. The van der Waals surface area contributed by atoms with Gasteiger partial charge in [-0.1, -0.05) is 36.4 Å². The smallest absolute Gasteiger partial charge is 0.123 e. The first-order chi connectivity index (χ1) is 13.7. The number of likely N-dealkylation sites (tertiary alicyclic amines) is 1. The van der Waals surface area contributed by atoms with Crippen molar-refractivity contribution in [2.45, 2.75) is 32.4 Å². The molecule has 2 fully saturated rings. The Labute approximate surface area is 168 Å². The zero-order valence-electron chi connectivity index (χ0n) is 16.7. The molecule has 4 heteroatoms. The molecular weight excluding hydrogens is 351 g/mol. The van der Waals surface area contributed by atoms with Crippen molar-refractivity contribution >= 4 is 0 Å². The van der Waals surface area contributed by atoms with Crippen molar-refractivity contribution in [3.8, 4) is 0 Å². The van der Waals surface area contributed by atoms with E-state index in [-0.39, 0.29) is 5.82 Å². The lowest BCUT2D eigenvalue weighted by atomic mass is 9.89. The maximum absolute atomic E-state index is 13.4. The Bertz CT molecular complexity index is 735. The van der Waals surface area contributed by atoms with Gasteiger partial charge in [0.05, 0.1) is 13.2 Å². The zero-order chi connectivity index (χ0) is 19.2. The summed E-state index contributed by atoms with van der Waals surface area (Å²) in [7, 11) is 0. The number of halogens is 1. The van der Waals surface area contributed by atoms with Crippen LogP contribution in [0.1, 0.15) is 29.5 Å². The van der Waals surface area contributed by atoms with E-state index in [9.17, 15) is 4.39 Å². The van der Waals surface area contributed by atoms with E-state index in [1.807, 2.05) is 6.07 Å². The zero-order valence-corrected chi connectivity index (χ0v) is 16.7. The van der Waals surface area contributed by atoms with Gasteiger partial charge in [0.15, 0.2) is 0 Å². The van der Waals surface area contributed by atoms with Crippen molar-refractivity contribution in [1.82, 2.24) is 9.80 Å². The second-order valence-electron chi connectivity index (χ2n) is 8.26. The van der Waals surface area contributed by atoms with Gasteiger partial charge in [-0.2, -0.15) is 0 Å². The summed E-state index contributed by atoms with van der Waals surface area (Å²) in [5.74, 6) is 0.623. The van der Waals surface area contributed by atoms with Gasteiger partial charge in [0.1, 0.15) is 5.82 Å². The van der Waals surface area contributed by atoms with E-state index in [4.69, 9.17) is 4.74 Å². The largest absolute Gasteiger partial charge is 0.379 e. The Morgan fingerprint density at radius 2 is 1.43 bits per heavy atom. The third-order valence-electron chi connectivity index (χ3n) is 6.06. The van der Waals surface area contributed by atoms with Gasteiger partial charge in [-0.25, -0.2) is 4.39 Å². The van der Waals surface area contributed by atoms with Gasteiger partial charge in [0.2, 0.25) is 0 Å². The first-order valence-electron chi connectivity index (χ1n) is 10.6. The Balaban J connectivity index is 1.22. The molecule has 0 atom stereocenters. The first-order valence-corrected chi connectivity index (χ1v) is 10.6. The molecule has 2 aromatic rings. The molecular formula is C24H31FN2O. The summed E-state index contributed by atoms with van der Waals surface area (Å²) in [4.78, 5) is 4.92. The molecule has 28 heavy (non-hydrogen) atoms. The van der Waals surface area contributed by atoms with Gasteiger partial charge < -0.3 is 4.74 Å². The number of ether oxygens (including phenoxy) is 1. The molecule has 0 aromatic heterocycles. The SMILES string of the molecule is Fc1cccc(CN2CCC(Cc3ccc(CN4CCOCC4)cc3)CC2)c1. The highest BCUT2D eigenvalue weighted by Crippen LogP contribution is 2.23. The topological polar surface area (TPSA) is 15.7 Å². The van der Waals surface area contributed by atoms with Crippen molar-refractivity contribution in [3.05, 3.63) is 71.0 Å². The Morgan fingerprint density at radius 1 is 0.786 bits per heavy atom. The molecule has 0 aliphatic carbocycles. The quantitative estimate of drug-likeness (QED) is 0.748. The van der Waals surface area contributed by atoms with Crippen LogP contribution in [0.2, 0.25) is 0 Å². The summed E-state index contributed by atoms with van der Waals surface area (Å²) in [6.07, 6.45) is 3.63. The van der Waals surface area contributed by atoms with Crippen molar-refractivity contribution in [2.24, 2.45) is 5.92 Å². The molecule has 4 rings (SSSR count). The lowest BCUT2D eigenvalue weighted by Gasteiger charge is -2.32. The number of nitrogens with zero attached hydrogens (tertiary/aromatic N) is 2. The summed E-state index contributed by atoms with van der Waals surface area (Å²) in [6.45, 7) is 7.90. The van der Waals surface area contributed by atoms with Crippen molar-refractivity contribution in [1.29, 1.82) is 0 Å². The van der Waals surface area contributed by atoms with E-state index >= 15 is 0 Å². The van der Waals surface area contributed by atoms with Crippen LogP contribution in [0.4, 0.5) is 4.39 Å². The number of piperidine rings is 1. The van der Waals surface area contributed by atoms with Crippen molar-refractivity contribution in [2.75, 3.05) is 39.4 Å². The lowest BCUT2D eigenvalue weighted by molar-refractivity contribution is 0.0342. The molecule has 0 spiro atoms. The van der Waals surface area contributed by atoms with Crippen LogP contribution in [0.3, 0.4) is 0 Å². The minimum Gasteiger partial charge on any atom is -0.379 e. The molecule has 2 aliphatic heterocycles. The number of hydrogen-bond acceptors (Lipinski definition) is 3. The average Bonchev–Trinajstić information content (AvgIpc) is 2.72. The minimum absolute atomic E-state index is 0.135. The van der Waals surface area contributed by atoms with Crippen LogP contribution < -0.4 is 0 Å². The molecule has 2 saturated heterocycles. The molecule has 0 saturated carbocycles. The molecule has 2 heterocycles. The summed E-state index contributed by atoms with van der Waals surface area (Å²) >= 11 is 0. The monoisotopic (exact) mass is 382 g/mol. The third-order valence-corrected chi connectivity index (χ3v) is 6.06. The van der Waals surface area contributed by atoms with Crippen molar-refractivity contribution in [3.63, 3.8) is 0 Å². The van der Waals surface area contributed by atoms with Crippen LogP contribution in [-0.2, 0) is 24.2 Å². The van der Waals surface area contributed by atoms with Crippen LogP contribution in [0.15, 0.2) is 48.5 Å². The molecule has 2 aromatic carbocycles. The highest BCUT2D eigenvalue weighted by Gasteiger charge is 2.20. The van der Waals surface area contributed by atoms with Gasteiger partial charge in [-0.3, -0.25) is 9.80 Å². The average molecular weight is 383 g/mol. The van der Waals surface area contributed by atoms with E-state index in [0.717, 1.165) is 64.0 Å². The van der Waals surface area contributed by atoms with Crippen LogP contribution in [0.25, 0.3) is 0 Å². The number of morpholine rings is 1. The van der Waals surface area contributed by atoms with E-state index in [1.54, 1.807) is 12.1 Å². The summed E-state index contributed by atoms with van der Waals surface area (Å²) in [6, 6.07) is 16.2. The van der Waals surface area contributed by atoms with Gasteiger partial charge in [-0.15, -0.1) is 0 Å². The van der Waals surface area contributed by atoms with Crippen LogP contribution in [0, 0.1) is 11.7 Å². The molecule has 0 unspecified atom stereocenters. The highest BCUT2D eigenvalue weighted by atomic mass is 19.1. The Morgan fingerprint density at radius 3 is 2.14 bits per heavy atom. The van der Waals surface area contributed by atoms with Crippen molar-refractivity contribution < 1.29 is 9.13 Å². The highest BCUT2D eigenvalue weighted by molar-refractivity contribution is 5.23. The van der Waals surface area contributed by atoms with E-state index in [1.165, 1.54) is 36.5 Å². The summed E-state index contributed by atoms with van der Waals surface area (Å²) in [5.41, 5.74) is 3.93. The standard InChI is InChI=1S/C24H31FN2O/c25-24-3-1-2-23(17-24)19-26-10-8-21(9-11-26)16-20-4-6-22(7-5-20)18-27-12-14-28-15-13-27/h1-7,17,21H,8-16,18-19H2. The summed E-state index contributed by atoms with van der Waals surface area (Å²) in [5, 5.41) is 0. The van der Waals surface area contributed by atoms with E-state index in [0.29, 0.717) is 0 Å². The normalized spacial score (nSPS) is 19.8. The fourth-order valence-corrected chi connectivity index (χ4v) is 4.37. The molecule has 0 N–H and O–H groups in total. The molecule has 0 bridgehead atoms. The predicted molar refractivity (Wildman–Crippen MR) is 111 cm³/mol. The minimum atomic E-state index is -0.135. The number of benzene rings is 2. The van der Waals surface area contributed by atoms with Gasteiger partial charge in [0.25, 0.3) is 0 Å². The first kappa shape index (κ1) is 19.6. The van der Waals surface area contributed by atoms with Crippen LogP contribution in [0.5, 0.6) is 0 Å². The Hall–Kier alpha value is -1.75. The molecule has 2 aliphatic rings. The second-order valence-corrected chi connectivity index (χ2v) is 8.26. The number of rotatable bonds is 6. The summed E-state index contributed by atoms with van der Waals surface area (Å²) < 4.78 is 18.8. The van der Waals surface area contributed by atoms with E-state index in [2.05, 4.69) is 34.1 Å². The van der Waals surface area contributed by atoms with Gasteiger partial charge in [-0.05, 0) is 67.1 Å². The van der Waals surface area contributed by atoms with Crippen LogP contribution in [-0.4, -0.2) is 49.2 Å². The second kappa shape index (κ2) is 9.64. The molecule has 0 radical (unpaired) electrons. The van der Waals surface area contributed by atoms with Gasteiger partial charge in [0, 0.05) is 26.2 Å². The van der Waals surface area contributed by atoms with Crippen LogP contribution >= 0.6 is 0 Å². The number of hydrogen-bond donors (Lipinski definition) is 0. The maximum atomic E-state index is 13.4. The fourth-order valence-electron chi connectivity index (χ4n) is 4.37. The third kappa shape index (κ3) is 5.63. The maximum Gasteiger partial charge on any atom is 0.123 e. The lowest BCUT2D eigenvalue weighted by Crippen LogP contribution is -2.35. The predicted octanol–water partition coefficient (Wildman–Crippen LogP) is 4.11. The Kier molecular flexibility index (Phi) is 6.73. The van der Waals surface area contributed by atoms with Gasteiger partial charge >= 0.3 is 0 Å². The fraction of sp³-hybridized carbons (Fsp3) is 0.500. The van der Waals surface area contributed by atoms with E-state index < -0.39 is 0 Å². The molecule has 3 nitrogen and oxygen atoms in total. The molecule has 0 amide bonds.